The van der Waals surface area contributed by atoms with Crippen LogP contribution in [0.4, 0.5) is 0 Å². The second-order valence-corrected chi connectivity index (χ2v) is 5.59. The first-order chi connectivity index (χ1) is 6.88. The number of nitrogens with zero attached hydrogens (tertiary/aromatic N) is 2. The van der Waals surface area contributed by atoms with E-state index in [0.717, 1.165) is 4.31 Å². The minimum atomic E-state index is -3.49. The molecule has 0 saturated carbocycles. The van der Waals surface area contributed by atoms with Crippen LogP contribution in [0.1, 0.15) is 6.92 Å². The van der Waals surface area contributed by atoms with Gasteiger partial charge in [-0.05, 0) is 5.92 Å². The van der Waals surface area contributed by atoms with E-state index < -0.39 is 27.7 Å². The minimum Gasteiger partial charge on any atom is -0.481 e. The van der Waals surface area contributed by atoms with E-state index >= 15 is 0 Å². The van der Waals surface area contributed by atoms with E-state index in [1.165, 1.54) is 0 Å². The lowest BCUT2D eigenvalue weighted by Crippen LogP contribution is -2.53. The number of hydrogen-bond donors (Lipinski definition) is 1. The van der Waals surface area contributed by atoms with Crippen LogP contribution in [0.5, 0.6) is 0 Å². The van der Waals surface area contributed by atoms with Crippen molar-refractivity contribution in [2.45, 2.75) is 6.92 Å². The van der Waals surface area contributed by atoms with Crippen molar-refractivity contribution in [2.24, 2.45) is 11.8 Å². The van der Waals surface area contributed by atoms with Crippen LogP contribution in [0.25, 0.3) is 0 Å². The van der Waals surface area contributed by atoms with Crippen molar-refractivity contribution in [2.75, 3.05) is 18.8 Å². The van der Waals surface area contributed by atoms with Crippen molar-refractivity contribution in [1.29, 1.82) is 5.26 Å². The lowest BCUT2D eigenvalue weighted by molar-refractivity contribution is -0.144. The molecule has 84 valence electrons. The number of sulfonamides is 1. The number of nitriles is 1. The maximum atomic E-state index is 11.3. The highest BCUT2D eigenvalue weighted by molar-refractivity contribution is 7.89. The van der Waals surface area contributed by atoms with E-state index in [4.69, 9.17) is 10.4 Å². The molecule has 7 heteroatoms. The molecule has 0 aliphatic carbocycles. The third kappa shape index (κ3) is 2.46. The lowest BCUT2D eigenvalue weighted by Gasteiger charge is -2.39. The monoisotopic (exact) mass is 232 g/mol. The van der Waals surface area contributed by atoms with E-state index in [0.29, 0.717) is 0 Å². The molecular formula is C8H12N2O4S. The Bertz CT molecular complexity index is 391. The first-order valence-electron chi connectivity index (χ1n) is 4.46. The summed E-state index contributed by atoms with van der Waals surface area (Å²) in [6.45, 7) is 1.97. The zero-order valence-corrected chi connectivity index (χ0v) is 9.07. The van der Waals surface area contributed by atoms with Gasteiger partial charge in [0.2, 0.25) is 10.0 Å². The lowest BCUT2D eigenvalue weighted by atomic mass is 9.89. The van der Waals surface area contributed by atoms with Gasteiger partial charge in [-0.1, -0.05) is 6.92 Å². The molecule has 0 radical (unpaired) electrons. The van der Waals surface area contributed by atoms with Crippen molar-refractivity contribution in [3.63, 3.8) is 0 Å². The van der Waals surface area contributed by atoms with Crippen molar-refractivity contribution in [1.82, 2.24) is 4.31 Å². The van der Waals surface area contributed by atoms with E-state index in [1.807, 2.05) is 0 Å². The molecule has 1 atom stereocenters. The SMILES string of the molecule is CC(C(=O)O)C1CN(S(=O)(=O)CC#N)C1. The first-order valence-corrected chi connectivity index (χ1v) is 6.07. The van der Waals surface area contributed by atoms with Crippen LogP contribution in [0.2, 0.25) is 0 Å². The Hall–Kier alpha value is -1.13. The Morgan fingerprint density at radius 3 is 2.60 bits per heavy atom. The van der Waals surface area contributed by atoms with Gasteiger partial charge in [-0.3, -0.25) is 4.79 Å². The average molecular weight is 232 g/mol. The number of aliphatic carboxylic acids is 1. The molecule has 6 nitrogen and oxygen atoms in total. The molecule has 1 aliphatic heterocycles. The molecule has 0 aromatic rings. The standard InChI is InChI=1S/C8H12N2O4S/c1-6(8(11)12)7-4-10(5-7)15(13,14)3-2-9/h6-7H,3-5H2,1H3,(H,11,12). The summed E-state index contributed by atoms with van der Waals surface area (Å²) >= 11 is 0. The van der Waals surface area contributed by atoms with Gasteiger partial charge in [-0.15, -0.1) is 0 Å². The van der Waals surface area contributed by atoms with Crippen molar-refractivity contribution < 1.29 is 18.3 Å². The van der Waals surface area contributed by atoms with Gasteiger partial charge < -0.3 is 5.11 Å². The third-order valence-electron chi connectivity index (χ3n) is 2.61. The van der Waals surface area contributed by atoms with Crippen LogP contribution < -0.4 is 0 Å². The van der Waals surface area contributed by atoms with Gasteiger partial charge in [0.15, 0.2) is 5.75 Å². The number of carboxylic acid groups (broad SMARTS) is 1. The largest absolute Gasteiger partial charge is 0.481 e. The van der Waals surface area contributed by atoms with Gasteiger partial charge in [-0.25, -0.2) is 12.7 Å². The van der Waals surface area contributed by atoms with Crippen molar-refractivity contribution >= 4 is 16.0 Å². The molecule has 0 aromatic heterocycles. The second-order valence-electron chi connectivity index (χ2n) is 3.62. The summed E-state index contributed by atoms with van der Waals surface area (Å²) in [4.78, 5) is 10.6. The molecule has 1 saturated heterocycles. The Labute approximate surface area is 88.2 Å². The molecule has 0 spiro atoms. The Morgan fingerprint density at radius 2 is 2.20 bits per heavy atom. The quantitative estimate of drug-likeness (QED) is 0.704. The highest BCUT2D eigenvalue weighted by Gasteiger charge is 2.40. The van der Waals surface area contributed by atoms with E-state index in [2.05, 4.69) is 0 Å². The molecule has 1 N–H and O–H groups in total. The summed E-state index contributed by atoms with van der Waals surface area (Å²) < 4.78 is 23.8. The smallest absolute Gasteiger partial charge is 0.306 e. The molecule has 15 heavy (non-hydrogen) atoms. The van der Waals surface area contributed by atoms with Crippen LogP contribution >= 0.6 is 0 Å². The second kappa shape index (κ2) is 4.16. The minimum absolute atomic E-state index is 0.143. The highest BCUT2D eigenvalue weighted by Crippen LogP contribution is 2.26. The summed E-state index contributed by atoms with van der Waals surface area (Å²) in [5.41, 5.74) is 0. The van der Waals surface area contributed by atoms with Crippen LogP contribution in [-0.2, 0) is 14.8 Å². The highest BCUT2D eigenvalue weighted by atomic mass is 32.2. The number of rotatable bonds is 4. The summed E-state index contributed by atoms with van der Waals surface area (Å²) in [6, 6.07) is 1.58. The van der Waals surface area contributed by atoms with E-state index in [1.54, 1.807) is 13.0 Å². The average Bonchev–Trinajstić information content (AvgIpc) is 1.99. The predicted octanol–water partition coefficient (Wildman–Crippen LogP) is -0.508. The van der Waals surface area contributed by atoms with Gasteiger partial charge >= 0.3 is 5.97 Å². The van der Waals surface area contributed by atoms with E-state index in [9.17, 15) is 13.2 Å². The van der Waals surface area contributed by atoms with Gasteiger partial charge in [0.25, 0.3) is 0 Å². The third-order valence-corrected chi connectivity index (χ3v) is 4.19. The summed E-state index contributed by atoms with van der Waals surface area (Å²) in [7, 11) is -3.49. The fraction of sp³-hybridized carbons (Fsp3) is 0.750. The molecule has 0 amide bonds. The normalized spacial score (nSPS) is 20.3. The van der Waals surface area contributed by atoms with E-state index in [-0.39, 0.29) is 19.0 Å². The van der Waals surface area contributed by atoms with Gasteiger partial charge in [0.1, 0.15) is 0 Å². The number of hydrogen-bond acceptors (Lipinski definition) is 4. The number of carboxylic acids is 1. The summed E-state index contributed by atoms with van der Waals surface area (Å²) in [5, 5.41) is 17.0. The Balaban J connectivity index is 2.52. The Kier molecular flexibility index (Phi) is 3.31. The summed E-state index contributed by atoms with van der Waals surface area (Å²) in [5.74, 6) is -2.15. The molecule has 0 aromatic carbocycles. The van der Waals surface area contributed by atoms with Crippen LogP contribution in [0.3, 0.4) is 0 Å². The maximum absolute atomic E-state index is 11.3. The van der Waals surface area contributed by atoms with Crippen molar-refractivity contribution in [3.8, 4) is 6.07 Å². The van der Waals surface area contributed by atoms with Gasteiger partial charge in [0.05, 0.1) is 12.0 Å². The summed E-state index contributed by atoms with van der Waals surface area (Å²) in [6.07, 6.45) is 0. The van der Waals surface area contributed by atoms with Crippen LogP contribution in [0, 0.1) is 23.2 Å². The predicted molar refractivity (Wildman–Crippen MR) is 51.3 cm³/mol. The molecule has 1 heterocycles. The topological polar surface area (TPSA) is 98.5 Å². The Morgan fingerprint density at radius 1 is 1.67 bits per heavy atom. The first kappa shape index (κ1) is 11.9. The molecule has 0 bridgehead atoms. The molecular weight excluding hydrogens is 220 g/mol. The fourth-order valence-corrected chi connectivity index (χ4v) is 2.57. The van der Waals surface area contributed by atoms with Crippen LogP contribution in [0.15, 0.2) is 0 Å². The zero-order valence-electron chi connectivity index (χ0n) is 8.25. The van der Waals surface area contributed by atoms with Gasteiger partial charge in [0, 0.05) is 13.1 Å². The maximum Gasteiger partial charge on any atom is 0.306 e. The molecule has 1 fully saturated rings. The zero-order chi connectivity index (χ0) is 11.6. The molecule has 1 rings (SSSR count). The van der Waals surface area contributed by atoms with Crippen molar-refractivity contribution in [3.05, 3.63) is 0 Å². The van der Waals surface area contributed by atoms with Crippen LogP contribution in [-0.4, -0.2) is 42.6 Å². The molecule has 1 aliphatic rings. The molecule has 1 unspecified atom stereocenters. The number of carbonyl (C=O) groups is 1. The fourth-order valence-electron chi connectivity index (χ4n) is 1.39. The van der Waals surface area contributed by atoms with Gasteiger partial charge in [-0.2, -0.15) is 5.26 Å².